The molecule has 96 valence electrons. The van der Waals surface area contributed by atoms with Gasteiger partial charge in [-0.15, -0.1) is 0 Å². The summed E-state index contributed by atoms with van der Waals surface area (Å²) < 4.78 is 7.39. The topological polar surface area (TPSA) is 105 Å². The minimum atomic E-state index is -0.539. The van der Waals surface area contributed by atoms with E-state index >= 15 is 0 Å². The van der Waals surface area contributed by atoms with Crippen LogP contribution in [0.1, 0.15) is 6.42 Å². The lowest BCUT2D eigenvalue weighted by Crippen LogP contribution is -2.41. The van der Waals surface area contributed by atoms with Crippen LogP contribution in [-0.2, 0) is 18.1 Å². The average molecular weight is 372 g/mol. The zero-order valence-corrected chi connectivity index (χ0v) is 12.4. The number of anilines is 2. The summed E-state index contributed by atoms with van der Waals surface area (Å²) in [6.07, 6.45) is 0.578. The first-order valence-corrected chi connectivity index (χ1v) is 8.85. The summed E-state index contributed by atoms with van der Waals surface area (Å²) >= 11 is 2.10. The smallest absolute Gasteiger partial charge is 0.332 e. The molecule has 17 heavy (non-hydrogen) atoms. The fraction of sp³-hybridized carbons (Fsp3) is 0.500. The number of hydrogen-bond acceptors (Lipinski definition) is 5. The maximum Gasteiger partial charge on any atom is 0.332 e. The van der Waals surface area contributed by atoms with Gasteiger partial charge in [0.25, 0.3) is 5.56 Å². The number of rotatable bonds is 5. The third kappa shape index (κ3) is 3.20. The fourth-order valence-electron chi connectivity index (χ4n) is 1.34. The van der Waals surface area contributed by atoms with Crippen LogP contribution < -0.4 is 22.7 Å². The molecule has 0 amide bonds. The minimum absolute atomic E-state index is 0.00115. The fourth-order valence-corrected chi connectivity index (χ4v) is 2.22. The molecule has 4 N–H and O–H groups in total. The highest BCUT2D eigenvalue weighted by atomic mass is 127. The van der Waals surface area contributed by atoms with Crippen molar-refractivity contribution < 1.29 is 4.52 Å². The molecule has 1 atom stereocenters. The lowest BCUT2D eigenvalue weighted by molar-refractivity contribution is 0.344. The molecule has 1 unspecified atom stereocenters. The number of nitrogens with two attached hydrogens (primary N) is 2. The monoisotopic (exact) mass is 372 g/mol. The van der Waals surface area contributed by atoms with Crippen molar-refractivity contribution in [3.63, 3.8) is 0 Å². The molecule has 0 fully saturated rings. The van der Waals surface area contributed by atoms with E-state index in [1.807, 2.05) is 0 Å². The normalized spacial score (nSPS) is 11.4. The molecule has 9 heteroatoms. The summed E-state index contributed by atoms with van der Waals surface area (Å²) in [6.45, 7) is 1.14. The zero-order valence-electron chi connectivity index (χ0n) is 9.27. The van der Waals surface area contributed by atoms with Crippen molar-refractivity contribution in [1.29, 1.82) is 0 Å². The predicted octanol–water partition coefficient (Wildman–Crippen LogP) is 0.0616. The molecule has 0 aliphatic heterocycles. The van der Waals surface area contributed by atoms with Gasteiger partial charge in [-0.3, -0.25) is 13.9 Å². The Hall–Kier alpha value is -0.600. The van der Waals surface area contributed by atoms with E-state index in [1.54, 1.807) is 0 Å². The van der Waals surface area contributed by atoms with Crippen LogP contribution >= 0.6 is 28.5 Å². The standard InChI is InChI=1S/C8H14IN4O3P/c1-12-6(11)5(10)7(14)13(8(12)15)3-2-4-16-17-9/h17H,2-4,10-11H2,1H3. The number of hydrogen-bond donors (Lipinski definition) is 2. The van der Waals surface area contributed by atoms with Crippen molar-refractivity contribution in [3.05, 3.63) is 20.8 Å². The first-order valence-electron chi connectivity index (χ1n) is 4.83. The van der Waals surface area contributed by atoms with Gasteiger partial charge in [-0.25, -0.2) is 4.79 Å². The maximum atomic E-state index is 11.8. The largest absolute Gasteiger partial charge is 0.391 e. The molecule has 0 saturated carbocycles. The summed E-state index contributed by atoms with van der Waals surface area (Å²) in [7, 11) is 1.48. The molecular formula is C8H14IN4O3P. The quantitative estimate of drug-likeness (QED) is 0.432. The van der Waals surface area contributed by atoms with Crippen molar-refractivity contribution >= 4 is 40.0 Å². The molecule has 0 aromatic carbocycles. The first-order chi connectivity index (χ1) is 8.00. The second-order valence-electron chi connectivity index (χ2n) is 3.38. The van der Waals surface area contributed by atoms with Gasteiger partial charge in [-0.05, 0) is 28.5 Å². The maximum absolute atomic E-state index is 11.8. The Morgan fingerprint density at radius 3 is 2.65 bits per heavy atom. The van der Waals surface area contributed by atoms with Crippen LogP contribution in [0.2, 0.25) is 0 Å². The predicted molar refractivity (Wildman–Crippen MR) is 77.7 cm³/mol. The number of nitrogens with zero attached hydrogens (tertiary/aromatic N) is 2. The molecule has 0 aliphatic rings. The molecule has 1 heterocycles. The average Bonchev–Trinajstić information content (AvgIpc) is 2.33. The van der Waals surface area contributed by atoms with Crippen molar-refractivity contribution in [2.45, 2.75) is 13.0 Å². The van der Waals surface area contributed by atoms with Gasteiger partial charge < -0.3 is 16.0 Å². The van der Waals surface area contributed by atoms with E-state index in [0.29, 0.717) is 19.5 Å². The number of aromatic nitrogens is 2. The van der Waals surface area contributed by atoms with Crippen LogP contribution in [0.15, 0.2) is 9.59 Å². The van der Waals surface area contributed by atoms with Crippen molar-refractivity contribution in [2.75, 3.05) is 18.1 Å². The first kappa shape index (κ1) is 14.5. The van der Waals surface area contributed by atoms with Crippen LogP contribution in [-0.4, -0.2) is 15.7 Å². The van der Waals surface area contributed by atoms with Crippen LogP contribution in [0.4, 0.5) is 11.5 Å². The van der Waals surface area contributed by atoms with Crippen molar-refractivity contribution in [3.8, 4) is 0 Å². The lowest BCUT2D eigenvalue weighted by Gasteiger charge is -2.11. The van der Waals surface area contributed by atoms with E-state index in [0.717, 1.165) is 9.13 Å². The SMILES string of the molecule is Cn1c(N)c(N)c(=O)n(CCCOPI)c1=O. The molecule has 1 rings (SSSR count). The molecule has 1 aromatic heterocycles. The van der Waals surface area contributed by atoms with E-state index in [2.05, 4.69) is 22.0 Å². The summed E-state index contributed by atoms with van der Waals surface area (Å²) in [5, 5.41) is 0. The van der Waals surface area contributed by atoms with E-state index < -0.39 is 11.2 Å². The van der Waals surface area contributed by atoms with Gasteiger partial charge in [0.1, 0.15) is 11.5 Å². The molecule has 1 aromatic rings. The number of halogens is 1. The second-order valence-corrected chi connectivity index (χ2v) is 5.14. The molecule has 0 spiro atoms. The lowest BCUT2D eigenvalue weighted by atomic mass is 10.4. The molecule has 0 aliphatic carbocycles. The second kappa shape index (κ2) is 6.36. The third-order valence-electron chi connectivity index (χ3n) is 2.31. The van der Waals surface area contributed by atoms with E-state index in [9.17, 15) is 9.59 Å². The van der Waals surface area contributed by atoms with E-state index in [4.69, 9.17) is 16.0 Å². The Morgan fingerprint density at radius 2 is 2.06 bits per heavy atom. The van der Waals surface area contributed by atoms with Gasteiger partial charge in [-0.2, -0.15) is 0 Å². The molecule has 0 bridgehead atoms. The summed E-state index contributed by atoms with van der Waals surface area (Å²) in [4.78, 5) is 23.5. The van der Waals surface area contributed by atoms with Crippen LogP contribution in [0.5, 0.6) is 0 Å². The van der Waals surface area contributed by atoms with Gasteiger partial charge in [0.15, 0.2) is 0 Å². The highest BCUT2D eigenvalue weighted by Gasteiger charge is 2.11. The van der Waals surface area contributed by atoms with Crippen molar-refractivity contribution in [2.24, 2.45) is 7.05 Å². The van der Waals surface area contributed by atoms with E-state index in [1.165, 1.54) is 7.05 Å². The zero-order chi connectivity index (χ0) is 13.0. The van der Waals surface area contributed by atoms with Gasteiger partial charge in [-0.1, -0.05) is 0 Å². The van der Waals surface area contributed by atoms with Gasteiger partial charge in [0.2, 0.25) is 0 Å². The van der Waals surface area contributed by atoms with Crippen LogP contribution in [0.3, 0.4) is 0 Å². The number of nitrogen functional groups attached to an aromatic ring is 2. The summed E-state index contributed by atoms with van der Waals surface area (Å²) in [5.74, 6) is 0.00115. The Kier molecular flexibility index (Phi) is 5.41. The summed E-state index contributed by atoms with van der Waals surface area (Å²) in [5.41, 5.74) is 9.97. The molecular weight excluding hydrogens is 358 g/mol. The Bertz CT molecular complexity index is 475. The summed E-state index contributed by atoms with van der Waals surface area (Å²) in [6, 6.07) is 0. The minimum Gasteiger partial charge on any atom is -0.391 e. The van der Waals surface area contributed by atoms with E-state index in [-0.39, 0.29) is 18.1 Å². The van der Waals surface area contributed by atoms with Gasteiger partial charge >= 0.3 is 5.69 Å². The van der Waals surface area contributed by atoms with Crippen LogP contribution in [0.25, 0.3) is 0 Å². The molecule has 0 radical (unpaired) electrons. The Labute approximate surface area is 112 Å². The third-order valence-corrected chi connectivity index (χ3v) is 3.56. The Morgan fingerprint density at radius 1 is 1.41 bits per heavy atom. The molecule has 0 saturated heterocycles. The van der Waals surface area contributed by atoms with Crippen molar-refractivity contribution in [1.82, 2.24) is 9.13 Å². The molecule has 7 nitrogen and oxygen atoms in total. The van der Waals surface area contributed by atoms with Crippen LogP contribution in [0, 0.1) is 0 Å². The highest BCUT2D eigenvalue weighted by molar-refractivity contribution is 14.2. The highest BCUT2D eigenvalue weighted by Crippen LogP contribution is 2.21. The Balaban J connectivity index is 3.01. The van der Waals surface area contributed by atoms with Gasteiger partial charge in [0, 0.05) is 13.6 Å². The van der Waals surface area contributed by atoms with Gasteiger partial charge in [0.05, 0.1) is 13.1 Å².